The number of rotatable bonds is 3. The molecule has 0 atom stereocenters. The number of carbonyl (C=O) groups is 1. The maximum absolute atomic E-state index is 13.0. The van der Waals surface area contributed by atoms with E-state index < -0.39 is 0 Å². The van der Waals surface area contributed by atoms with Crippen molar-refractivity contribution >= 4 is 23.1 Å². The molecule has 1 aliphatic heterocycles. The minimum absolute atomic E-state index is 0.0334. The molecule has 0 bridgehead atoms. The van der Waals surface area contributed by atoms with E-state index in [1.165, 1.54) is 11.1 Å². The monoisotopic (exact) mass is 347 g/mol. The molecule has 0 saturated carbocycles. The van der Waals surface area contributed by atoms with Crippen molar-refractivity contribution < 1.29 is 4.79 Å². The maximum atomic E-state index is 13.0. The van der Waals surface area contributed by atoms with Crippen molar-refractivity contribution in [1.82, 2.24) is 0 Å². The van der Waals surface area contributed by atoms with Gasteiger partial charge in [-0.25, -0.2) is 0 Å². The number of halogens is 1. The van der Waals surface area contributed by atoms with Crippen molar-refractivity contribution in [2.75, 3.05) is 11.4 Å². The van der Waals surface area contributed by atoms with Crippen molar-refractivity contribution in [3.05, 3.63) is 100 Å². The van der Waals surface area contributed by atoms with Crippen LogP contribution in [0, 0.1) is 0 Å². The van der Waals surface area contributed by atoms with Gasteiger partial charge in [0, 0.05) is 34.9 Å². The average Bonchev–Trinajstić information content (AvgIpc) is 2.67. The minimum atomic E-state index is 0.0334. The summed E-state index contributed by atoms with van der Waals surface area (Å²) in [6, 6.07) is 23.5. The first-order chi connectivity index (χ1) is 12.2. The number of nitrogens with zero attached hydrogens (tertiary/aromatic N) is 1. The average molecular weight is 348 g/mol. The van der Waals surface area contributed by atoms with Gasteiger partial charge in [-0.2, -0.15) is 0 Å². The van der Waals surface area contributed by atoms with E-state index in [2.05, 4.69) is 29.2 Å². The third-order valence-electron chi connectivity index (χ3n) is 4.73. The van der Waals surface area contributed by atoms with E-state index in [0.29, 0.717) is 10.6 Å². The highest BCUT2D eigenvalue weighted by atomic mass is 35.5. The van der Waals surface area contributed by atoms with Gasteiger partial charge < -0.3 is 4.90 Å². The standard InChI is InChI=1S/C22H18ClNO/c23-19-11-9-17(10-12-19)22(25)20-7-3-4-8-21(20)24-14-13-16-5-1-2-6-18(16)15-24/h1-12H,13-15H2. The van der Waals surface area contributed by atoms with Gasteiger partial charge in [0.2, 0.25) is 0 Å². The summed E-state index contributed by atoms with van der Waals surface area (Å²) in [5, 5.41) is 0.637. The molecule has 0 aliphatic carbocycles. The minimum Gasteiger partial charge on any atom is -0.366 e. The van der Waals surface area contributed by atoms with E-state index in [1.54, 1.807) is 24.3 Å². The van der Waals surface area contributed by atoms with Crippen LogP contribution in [0.2, 0.25) is 5.02 Å². The highest BCUT2D eigenvalue weighted by Crippen LogP contribution is 2.29. The van der Waals surface area contributed by atoms with Gasteiger partial charge in [-0.3, -0.25) is 4.79 Å². The van der Waals surface area contributed by atoms with Crippen molar-refractivity contribution in [2.24, 2.45) is 0 Å². The molecular formula is C22H18ClNO. The molecule has 1 aliphatic rings. The first-order valence-corrected chi connectivity index (χ1v) is 8.81. The van der Waals surface area contributed by atoms with Gasteiger partial charge in [0.05, 0.1) is 0 Å². The smallest absolute Gasteiger partial charge is 0.195 e. The Bertz CT molecular complexity index is 917. The van der Waals surface area contributed by atoms with Crippen LogP contribution in [0.1, 0.15) is 27.0 Å². The number of para-hydroxylation sites is 1. The molecule has 2 nitrogen and oxygen atoms in total. The number of ketones is 1. The molecule has 25 heavy (non-hydrogen) atoms. The molecule has 0 N–H and O–H groups in total. The lowest BCUT2D eigenvalue weighted by molar-refractivity contribution is 0.103. The maximum Gasteiger partial charge on any atom is 0.195 e. The van der Waals surface area contributed by atoms with E-state index in [1.807, 2.05) is 24.3 Å². The number of benzene rings is 3. The lowest BCUT2D eigenvalue weighted by Crippen LogP contribution is -2.31. The molecule has 0 fully saturated rings. The first kappa shape index (κ1) is 15.9. The van der Waals surface area contributed by atoms with Crippen molar-refractivity contribution in [3.63, 3.8) is 0 Å². The predicted molar refractivity (Wildman–Crippen MR) is 103 cm³/mol. The quantitative estimate of drug-likeness (QED) is 0.612. The lowest BCUT2D eigenvalue weighted by atomic mass is 9.96. The highest BCUT2D eigenvalue weighted by Gasteiger charge is 2.21. The van der Waals surface area contributed by atoms with Gasteiger partial charge in [0.1, 0.15) is 0 Å². The molecule has 3 heteroatoms. The van der Waals surface area contributed by atoms with Gasteiger partial charge in [-0.15, -0.1) is 0 Å². The van der Waals surface area contributed by atoms with Crippen LogP contribution in [0.3, 0.4) is 0 Å². The molecule has 0 unspecified atom stereocenters. The Labute approximate surface area is 152 Å². The second kappa shape index (κ2) is 6.73. The molecule has 0 amide bonds. The van der Waals surface area contributed by atoms with Gasteiger partial charge >= 0.3 is 0 Å². The molecule has 3 aromatic carbocycles. The van der Waals surface area contributed by atoms with Gasteiger partial charge in [0.15, 0.2) is 5.78 Å². The molecule has 0 saturated heterocycles. The number of anilines is 1. The van der Waals surface area contributed by atoms with Crippen LogP contribution < -0.4 is 4.90 Å². The van der Waals surface area contributed by atoms with Crippen LogP contribution in [0.4, 0.5) is 5.69 Å². The van der Waals surface area contributed by atoms with E-state index in [9.17, 15) is 4.79 Å². The molecular weight excluding hydrogens is 330 g/mol. The van der Waals surface area contributed by atoms with Crippen molar-refractivity contribution in [3.8, 4) is 0 Å². The van der Waals surface area contributed by atoms with Crippen LogP contribution in [0.25, 0.3) is 0 Å². The summed E-state index contributed by atoms with van der Waals surface area (Å²) in [5.41, 5.74) is 5.14. The lowest BCUT2D eigenvalue weighted by Gasteiger charge is -2.32. The SMILES string of the molecule is O=C(c1ccc(Cl)cc1)c1ccccc1N1CCc2ccccc2C1. The second-order valence-corrected chi connectivity index (χ2v) is 6.73. The zero-order valence-corrected chi connectivity index (χ0v) is 14.5. The predicted octanol–water partition coefficient (Wildman–Crippen LogP) is 5.13. The Morgan fingerprint density at radius 1 is 0.840 bits per heavy atom. The zero-order valence-electron chi connectivity index (χ0n) is 13.8. The van der Waals surface area contributed by atoms with E-state index in [0.717, 1.165) is 30.8 Å². The van der Waals surface area contributed by atoms with Crippen LogP contribution in [0.5, 0.6) is 0 Å². The Hall–Kier alpha value is -2.58. The zero-order chi connectivity index (χ0) is 17.2. The van der Waals surface area contributed by atoms with E-state index in [4.69, 9.17) is 11.6 Å². The molecule has 4 rings (SSSR count). The molecule has 124 valence electrons. The summed E-state index contributed by atoms with van der Waals surface area (Å²) in [6.07, 6.45) is 1.000. The van der Waals surface area contributed by atoms with Crippen molar-refractivity contribution in [1.29, 1.82) is 0 Å². The Kier molecular flexibility index (Phi) is 4.29. The number of carbonyl (C=O) groups excluding carboxylic acids is 1. The largest absolute Gasteiger partial charge is 0.366 e. The third-order valence-corrected chi connectivity index (χ3v) is 4.98. The van der Waals surface area contributed by atoms with Gasteiger partial charge in [-0.05, 0) is 53.9 Å². The Morgan fingerprint density at radius 2 is 1.52 bits per heavy atom. The number of hydrogen-bond acceptors (Lipinski definition) is 2. The molecule has 1 heterocycles. The van der Waals surface area contributed by atoms with Gasteiger partial charge in [-0.1, -0.05) is 48.0 Å². The number of fused-ring (bicyclic) bond motifs is 1. The molecule has 3 aromatic rings. The van der Waals surface area contributed by atoms with Gasteiger partial charge in [0.25, 0.3) is 0 Å². The highest BCUT2D eigenvalue weighted by molar-refractivity contribution is 6.30. The van der Waals surface area contributed by atoms with Crippen LogP contribution in [-0.2, 0) is 13.0 Å². The topological polar surface area (TPSA) is 20.3 Å². The molecule has 0 spiro atoms. The third kappa shape index (κ3) is 3.18. The second-order valence-electron chi connectivity index (χ2n) is 6.29. The molecule has 0 aromatic heterocycles. The van der Waals surface area contributed by atoms with Crippen LogP contribution in [0.15, 0.2) is 72.8 Å². The summed E-state index contributed by atoms with van der Waals surface area (Å²) < 4.78 is 0. The Morgan fingerprint density at radius 3 is 2.32 bits per heavy atom. The normalized spacial score (nSPS) is 13.4. The summed E-state index contributed by atoms with van der Waals surface area (Å²) in [4.78, 5) is 15.3. The fourth-order valence-electron chi connectivity index (χ4n) is 3.40. The number of hydrogen-bond donors (Lipinski definition) is 0. The summed E-state index contributed by atoms with van der Waals surface area (Å²) in [5.74, 6) is 0.0334. The molecule has 0 radical (unpaired) electrons. The first-order valence-electron chi connectivity index (χ1n) is 8.43. The van der Waals surface area contributed by atoms with Crippen molar-refractivity contribution in [2.45, 2.75) is 13.0 Å². The van der Waals surface area contributed by atoms with Crippen LogP contribution >= 0.6 is 11.6 Å². The fourth-order valence-corrected chi connectivity index (χ4v) is 3.53. The Balaban J connectivity index is 1.68. The fraction of sp³-hybridized carbons (Fsp3) is 0.136. The summed E-state index contributed by atoms with van der Waals surface area (Å²) in [7, 11) is 0. The van der Waals surface area contributed by atoms with E-state index >= 15 is 0 Å². The van der Waals surface area contributed by atoms with E-state index in [-0.39, 0.29) is 5.78 Å². The summed E-state index contributed by atoms with van der Waals surface area (Å²) >= 11 is 5.94. The summed E-state index contributed by atoms with van der Waals surface area (Å²) in [6.45, 7) is 1.75. The van der Waals surface area contributed by atoms with Crippen LogP contribution in [-0.4, -0.2) is 12.3 Å².